The zero-order valence-corrected chi connectivity index (χ0v) is 14.2. The van der Waals surface area contributed by atoms with Gasteiger partial charge in [0.2, 0.25) is 0 Å². The standard InChI is InChI=1S/C18H33N3/c1-4-11-19-14-16-10-8-6-7-9-15(16)12-18-13-17(5-2)20-21(18)3/h13,15-16,19H,4-12,14H2,1-3H3. The smallest absolute Gasteiger partial charge is 0.0624 e. The molecule has 120 valence electrons. The van der Waals surface area contributed by atoms with Gasteiger partial charge >= 0.3 is 0 Å². The monoisotopic (exact) mass is 291 g/mol. The Balaban J connectivity index is 1.99. The molecular formula is C18H33N3. The Labute approximate surface area is 130 Å². The first-order valence-electron chi connectivity index (χ1n) is 8.97. The summed E-state index contributed by atoms with van der Waals surface area (Å²) in [5.41, 5.74) is 2.67. The fourth-order valence-corrected chi connectivity index (χ4v) is 3.67. The van der Waals surface area contributed by atoms with E-state index in [1.54, 1.807) is 0 Å². The maximum atomic E-state index is 4.62. The molecule has 0 bridgehead atoms. The van der Waals surface area contributed by atoms with Gasteiger partial charge in [0.15, 0.2) is 0 Å². The Kier molecular flexibility index (Phi) is 6.75. The number of rotatable bonds is 7. The van der Waals surface area contributed by atoms with Crippen LogP contribution in [0.25, 0.3) is 0 Å². The third kappa shape index (κ3) is 4.84. The molecule has 1 aromatic rings. The van der Waals surface area contributed by atoms with Gasteiger partial charge in [-0.2, -0.15) is 5.10 Å². The minimum absolute atomic E-state index is 0.831. The fraction of sp³-hybridized carbons (Fsp3) is 0.833. The van der Waals surface area contributed by atoms with Gasteiger partial charge < -0.3 is 5.32 Å². The number of hydrogen-bond acceptors (Lipinski definition) is 2. The van der Waals surface area contributed by atoms with Gasteiger partial charge in [-0.05, 0) is 63.1 Å². The van der Waals surface area contributed by atoms with Crippen LogP contribution in [0.3, 0.4) is 0 Å². The Morgan fingerprint density at radius 2 is 1.95 bits per heavy atom. The molecule has 0 aromatic carbocycles. The molecule has 1 aliphatic carbocycles. The third-order valence-electron chi connectivity index (χ3n) is 5.01. The molecule has 1 aliphatic rings. The lowest BCUT2D eigenvalue weighted by atomic mass is 9.84. The highest BCUT2D eigenvalue weighted by atomic mass is 15.3. The van der Waals surface area contributed by atoms with Gasteiger partial charge in [-0.1, -0.05) is 33.1 Å². The zero-order valence-electron chi connectivity index (χ0n) is 14.2. The molecule has 0 radical (unpaired) electrons. The summed E-state index contributed by atoms with van der Waals surface area (Å²) in [4.78, 5) is 0. The van der Waals surface area contributed by atoms with Crippen LogP contribution < -0.4 is 5.32 Å². The van der Waals surface area contributed by atoms with E-state index in [4.69, 9.17) is 0 Å². The molecule has 2 rings (SSSR count). The van der Waals surface area contributed by atoms with E-state index in [1.165, 1.54) is 62.9 Å². The largest absolute Gasteiger partial charge is 0.316 e. The van der Waals surface area contributed by atoms with Crippen molar-refractivity contribution in [2.45, 2.75) is 65.2 Å². The summed E-state index contributed by atoms with van der Waals surface area (Å²) in [6.45, 7) is 6.81. The molecule has 1 saturated carbocycles. The van der Waals surface area contributed by atoms with Crippen LogP contribution in [0.1, 0.15) is 63.8 Å². The van der Waals surface area contributed by atoms with Gasteiger partial charge in [0.05, 0.1) is 5.69 Å². The van der Waals surface area contributed by atoms with Crippen molar-refractivity contribution < 1.29 is 0 Å². The average Bonchev–Trinajstić information content (AvgIpc) is 2.69. The topological polar surface area (TPSA) is 29.9 Å². The van der Waals surface area contributed by atoms with Crippen LogP contribution in [0.4, 0.5) is 0 Å². The van der Waals surface area contributed by atoms with E-state index in [0.717, 1.165) is 24.8 Å². The van der Waals surface area contributed by atoms with Crippen LogP contribution in [0, 0.1) is 11.8 Å². The van der Waals surface area contributed by atoms with E-state index < -0.39 is 0 Å². The SMILES string of the molecule is CCCNCC1CCCCCC1Cc1cc(CC)nn1C. The Morgan fingerprint density at radius 3 is 2.62 bits per heavy atom. The second kappa shape index (κ2) is 8.57. The predicted molar refractivity (Wildman–Crippen MR) is 89.5 cm³/mol. The number of nitrogens with zero attached hydrogens (tertiary/aromatic N) is 2. The normalized spacial score (nSPS) is 23.2. The Hall–Kier alpha value is -0.830. The summed E-state index contributed by atoms with van der Waals surface area (Å²) in [6.07, 6.45) is 10.5. The summed E-state index contributed by atoms with van der Waals surface area (Å²) in [6, 6.07) is 2.32. The maximum Gasteiger partial charge on any atom is 0.0624 e. The second-order valence-electron chi connectivity index (χ2n) is 6.67. The Bertz CT molecular complexity index is 411. The molecule has 0 amide bonds. The molecule has 3 nitrogen and oxygen atoms in total. The van der Waals surface area contributed by atoms with Crippen LogP contribution in [0.5, 0.6) is 0 Å². The highest BCUT2D eigenvalue weighted by molar-refractivity contribution is 5.11. The van der Waals surface area contributed by atoms with Crippen LogP contribution in [0.15, 0.2) is 6.07 Å². The maximum absolute atomic E-state index is 4.62. The van der Waals surface area contributed by atoms with Crippen molar-refractivity contribution in [3.05, 3.63) is 17.5 Å². The van der Waals surface area contributed by atoms with Crippen LogP contribution >= 0.6 is 0 Å². The van der Waals surface area contributed by atoms with Gasteiger partial charge in [-0.25, -0.2) is 0 Å². The lowest BCUT2D eigenvalue weighted by Crippen LogP contribution is -2.29. The van der Waals surface area contributed by atoms with E-state index in [-0.39, 0.29) is 0 Å². The second-order valence-corrected chi connectivity index (χ2v) is 6.67. The summed E-state index contributed by atoms with van der Waals surface area (Å²) >= 11 is 0. The van der Waals surface area contributed by atoms with Gasteiger partial charge in [0.1, 0.15) is 0 Å². The highest BCUT2D eigenvalue weighted by Gasteiger charge is 2.24. The van der Waals surface area contributed by atoms with Crippen molar-refractivity contribution in [1.82, 2.24) is 15.1 Å². The fourth-order valence-electron chi connectivity index (χ4n) is 3.67. The number of aromatic nitrogens is 2. The van der Waals surface area contributed by atoms with E-state index in [1.807, 2.05) is 0 Å². The van der Waals surface area contributed by atoms with Crippen molar-refractivity contribution in [3.8, 4) is 0 Å². The first-order valence-corrected chi connectivity index (χ1v) is 8.97. The molecule has 1 fully saturated rings. The van der Waals surface area contributed by atoms with E-state index in [9.17, 15) is 0 Å². The number of hydrogen-bond donors (Lipinski definition) is 1. The lowest BCUT2D eigenvalue weighted by molar-refractivity contribution is 0.293. The van der Waals surface area contributed by atoms with Crippen LogP contribution in [-0.4, -0.2) is 22.9 Å². The number of aryl methyl sites for hydroxylation is 2. The molecule has 1 heterocycles. The molecule has 0 aliphatic heterocycles. The predicted octanol–water partition coefficient (Wildman–Crippen LogP) is 3.72. The molecular weight excluding hydrogens is 258 g/mol. The molecule has 2 atom stereocenters. The molecule has 1 N–H and O–H groups in total. The molecule has 3 heteroatoms. The first-order chi connectivity index (χ1) is 10.2. The molecule has 0 spiro atoms. The molecule has 0 saturated heterocycles. The van der Waals surface area contributed by atoms with Crippen molar-refractivity contribution in [2.75, 3.05) is 13.1 Å². The van der Waals surface area contributed by atoms with Crippen LogP contribution in [-0.2, 0) is 19.9 Å². The van der Waals surface area contributed by atoms with E-state index in [2.05, 4.69) is 42.1 Å². The van der Waals surface area contributed by atoms with Crippen molar-refractivity contribution in [3.63, 3.8) is 0 Å². The minimum atomic E-state index is 0.831. The van der Waals surface area contributed by atoms with Gasteiger partial charge in [0.25, 0.3) is 0 Å². The van der Waals surface area contributed by atoms with Gasteiger partial charge in [0, 0.05) is 12.7 Å². The molecule has 1 aromatic heterocycles. The quantitative estimate of drug-likeness (QED) is 0.613. The van der Waals surface area contributed by atoms with Crippen molar-refractivity contribution >= 4 is 0 Å². The van der Waals surface area contributed by atoms with Crippen molar-refractivity contribution in [2.24, 2.45) is 18.9 Å². The Morgan fingerprint density at radius 1 is 1.19 bits per heavy atom. The summed E-state index contributed by atoms with van der Waals surface area (Å²) in [5.74, 6) is 1.68. The first kappa shape index (κ1) is 16.5. The van der Waals surface area contributed by atoms with E-state index in [0.29, 0.717) is 0 Å². The minimum Gasteiger partial charge on any atom is -0.316 e. The van der Waals surface area contributed by atoms with Crippen LogP contribution in [0.2, 0.25) is 0 Å². The molecule has 21 heavy (non-hydrogen) atoms. The summed E-state index contributed by atoms with van der Waals surface area (Å²) in [5, 5.41) is 8.28. The number of nitrogens with one attached hydrogen (secondary N) is 1. The third-order valence-corrected chi connectivity index (χ3v) is 5.01. The van der Waals surface area contributed by atoms with Gasteiger partial charge in [-0.15, -0.1) is 0 Å². The van der Waals surface area contributed by atoms with Gasteiger partial charge in [-0.3, -0.25) is 4.68 Å². The zero-order chi connectivity index (χ0) is 15.1. The van der Waals surface area contributed by atoms with Crippen molar-refractivity contribution in [1.29, 1.82) is 0 Å². The average molecular weight is 291 g/mol. The van der Waals surface area contributed by atoms with E-state index >= 15 is 0 Å². The molecule has 2 unspecified atom stereocenters. The highest BCUT2D eigenvalue weighted by Crippen LogP contribution is 2.31. The summed E-state index contributed by atoms with van der Waals surface area (Å²) < 4.78 is 2.11. The summed E-state index contributed by atoms with van der Waals surface area (Å²) in [7, 11) is 2.11. The lowest BCUT2D eigenvalue weighted by Gasteiger charge is -2.25.